The van der Waals surface area contributed by atoms with Crippen LogP contribution in [0.5, 0.6) is 0 Å². The van der Waals surface area contributed by atoms with Gasteiger partial charge in [-0.1, -0.05) is 17.7 Å². The predicted molar refractivity (Wildman–Crippen MR) is 82.5 cm³/mol. The number of carboxylic acid groups (broad SMARTS) is 1. The van der Waals surface area contributed by atoms with E-state index in [1.54, 1.807) is 12.3 Å². The van der Waals surface area contributed by atoms with Crippen molar-refractivity contribution in [1.29, 1.82) is 0 Å². The summed E-state index contributed by atoms with van der Waals surface area (Å²) in [6.45, 7) is 1.86. The minimum Gasteiger partial charge on any atom is -0.476 e. The molecule has 0 saturated heterocycles. The maximum Gasteiger partial charge on any atom is 0.358 e. The summed E-state index contributed by atoms with van der Waals surface area (Å²) in [4.78, 5) is 15.4. The Morgan fingerprint density at radius 3 is 2.78 bits per heavy atom. The van der Waals surface area contributed by atoms with Gasteiger partial charge in [-0.05, 0) is 36.8 Å². The van der Waals surface area contributed by atoms with Crippen LogP contribution in [0.15, 0.2) is 46.8 Å². The highest BCUT2D eigenvalue weighted by molar-refractivity contribution is 6.31. The monoisotopic (exact) mass is 332 g/mol. The molecule has 0 aliphatic carbocycles. The average molecular weight is 333 g/mol. The second kappa shape index (κ2) is 5.77. The highest BCUT2D eigenvalue weighted by atomic mass is 35.5. The first-order valence-corrected chi connectivity index (χ1v) is 6.92. The molecule has 2 aromatic heterocycles. The van der Waals surface area contributed by atoms with Crippen molar-refractivity contribution in [2.45, 2.75) is 6.92 Å². The normalized spacial score (nSPS) is 11.4. The molecule has 0 radical (unpaired) electrons. The molecule has 0 unspecified atom stereocenters. The molecule has 0 atom stereocenters. The van der Waals surface area contributed by atoms with Crippen LogP contribution in [-0.2, 0) is 0 Å². The molecule has 0 spiro atoms. The number of benzene rings is 1. The Morgan fingerprint density at radius 1 is 1.30 bits per heavy atom. The van der Waals surface area contributed by atoms with Crippen molar-refractivity contribution < 1.29 is 14.3 Å². The minimum atomic E-state index is -1.21. The van der Waals surface area contributed by atoms with E-state index in [-0.39, 0.29) is 16.5 Å². The molecule has 1 aromatic carbocycles. The molecule has 0 bridgehead atoms. The number of rotatable bonds is 3. The summed E-state index contributed by atoms with van der Waals surface area (Å²) in [5.74, 6) is -1.70. The van der Waals surface area contributed by atoms with E-state index < -0.39 is 11.8 Å². The SMILES string of the molecule is Cc1ccc2nc(C(=O)O)c(N=Nc3ccc(F)c(Cl)c3)n2c1. The van der Waals surface area contributed by atoms with Gasteiger partial charge in [-0.2, -0.15) is 0 Å². The largest absolute Gasteiger partial charge is 0.476 e. The number of fused-ring (bicyclic) bond motifs is 1. The summed E-state index contributed by atoms with van der Waals surface area (Å²) in [5, 5.41) is 17.1. The zero-order chi connectivity index (χ0) is 16.6. The smallest absolute Gasteiger partial charge is 0.358 e. The summed E-state index contributed by atoms with van der Waals surface area (Å²) in [6, 6.07) is 7.35. The van der Waals surface area contributed by atoms with Gasteiger partial charge in [0.15, 0.2) is 11.5 Å². The van der Waals surface area contributed by atoms with E-state index in [4.69, 9.17) is 11.6 Å². The zero-order valence-corrected chi connectivity index (χ0v) is 12.6. The van der Waals surface area contributed by atoms with Gasteiger partial charge in [0.2, 0.25) is 0 Å². The van der Waals surface area contributed by atoms with Crippen molar-refractivity contribution in [2.75, 3.05) is 0 Å². The van der Waals surface area contributed by atoms with Gasteiger partial charge in [0.1, 0.15) is 11.5 Å². The fraction of sp³-hybridized carbons (Fsp3) is 0.0667. The predicted octanol–water partition coefficient (Wildman–Crippen LogP) is 4.55. The first kappa shape index (κ1) is 15.1. The second-order valence-corrected chi connectivity index (χ2v) is 5.23. The van der Waals surface area contributed by atoms with Crippen LogP contribution in [-0.4, -0.2) is 20.5 Å². The first-order valence-electron chi connectivity index (χ1n) is 6.54. The summed E-state index contributed by atoms with van der Waals surface area (Å²) in [7, 11) is 0. The van der Waals surface area contributed by atoms with Gasteiger partial charge >= 0.3 is 5.97 Å². The van der Waals surface area contributed by atoms with Crippen molar-refractivity contribution in [3.63, 3.8) is 0 Å². The van der Waals surface area contributed by atoms with Crippen LogP contribution in [0, 0.1) is 12.7 Å². The van der Waals surface area contributed by atoms with Gasteiger partial charge in [-0.15, -0.1) is 10.2 Å². The van der Waals surface area contributed by atoms with Gasteiger partial charge in [-0.3, -0.25) is 4.40 Å². The highest BCUT2D eigenvalue weighted by Crippen LogP contribution is 2.26. The molecule has 0 amide bonds. The fourth-order valence-corrected chi connectivity index (χ4v) is 2.20. The number of hydrogen-bond donors (Lipinski definition) is 1. The third-order valence-corrected chi connectivity index (χ3v) is 3.40. The number of carbonyl (C=O) groups is 1. The number of azo groups is 1. The van der Waals surface area contributed by atoms with Crippen LogP contribution >= 0.6 is 11.6 Å². The Hall–Kier alpha value is -2.80. The van der Waals surface area contributed by atoms with Crippen molar-refractivity contribution in [3.05, 3.63) is 58.6 Å². The topological polar surface area (TPSA) is 79.3 Å². The third kappa shape index (κ3) is 2.91. The number of carboxylic acids is 1. The zero-order valence-electron chi connectivity index (χ0n) is 11.9. The summed E-state index contributed by atoms with van der Waals surface area (Å²) < 4.78 is 14.7. The molecule has 0 aliphatic rings. The van der Waals surface area contributed by atoms with Crippen LogP contribution < -0.4 is 0 Å². The Kier molecular flexibility index (Phi) is 3.79. The maximum absolute atomic E-state index is 13.1. The van der Waals surface area contributed by atoms with Gasteiger partial charge in [0.25, 0.3) is 0 Å². The lowest BCUT2D eigenvalue weighted by molar-refractivity contribution is 0.0692. The third-order valence-electron chi connectivity index (χ3n) is 3.11. The van der Waals surface area contributed by atoms with E-state index in [1.165, 1.54) is 16.5 Å². The summed E-state index contributed by atoms with van der Waals surface area (Å²) >= 11 is 5.68. The Balaban J connectivity index is 2.12. The van der Waals surface area contributed by atoms with Crippen molar-refractivity contribution in [2.24, 2.45) is 10.2 Å². The summed E-state index contributed by atoms with van der Waals surface area (Å²) in [5.41, 5.74) is 1.44. The van der Waals surface area contributed by atoms with Crippen LogP contribution in [0.1, 0.15) is 16.1 Å². The van der Waals surface area contributed by atoms with Crippen LogP contribution in [0.4, 0.5) is 15.9 Å². The van der Waals surface area contributed by atoms with E-state index in [1.807, 2.05) is 13.0 Å². The molecule has 23 heavy (non-hydrogen) atoms. The number of nitrogens with zero attached hydrogens (tertiary/aromatic N) is 4. The molecule has 1 N–H and O–H groups in total. The lowest BCUT2D eigenvalue weighted by Gasteiger charge is -1.99. The molecular formula is C15H10ClFN4O2. The van der Waals surface area contributed by atoms with Crippen LogP contribution in [0.25, 0.3) is 5.65 Å². The first-order chi connectivity index (χ1) is 11.0. The van der Waals surface area contributed by atoms with Crippen molar-refractivity contribution in [1.82, 2.24) is 9.38 Å². The highest BCUT2D eigenvalue weighted by Gasteiger charge is 2.18. The quantitative estimate of drug-likeness (QED) is 0.714. The standard InChI is InChI=1S/C15H10ClFN4O2/c1-8-2-5-12-18-13(15(22)23)14(21(12)7-8)20-19-9-3-4-11(17)10(16)6-9/h2-7H,1H3,(H,22,23). The molecular weight excluding hydrogens is 323 g/mol. The molecule has 116 valence electrons. The van der Waals surface area contributed by atoms with Gasteiger partial charge < -0.3 is 5.11 Å². The number of halogens is 2. The van der Waals surface area contributed by atoms with Gasteiger partial charge in [-0.25, -0.2) is 14.2 Å². The molecule has 8 heteroatoms. The molecule has 6 nitrogen and oxygen atoms in total. The maximum atomic E-state index is 13.1. The Bertz CT molecular complexity index is 952. The molecule has 0 aliphatic heterocycles. The second-order valence-electron chi connectivity index (χ2n) is 4.82. The molecule has 0 fully saturated rings. The summed E-state index contributed by atoms with van der Waals surface area (Å²) in [6.07, 6.45) is 1.71. The van der Waals surface area contributed by atoms with E-state index in [9.17, 15) is 14.3 Å². The van der Waals surface area contributed by atoms with Gasteiger partial charge in [0.05, 0.1) is 10.7 Å². The Labute approximate surface area is 134 Å². The van der Waals surface area contributed by atoms with E-state index in [0.29, 0.717) is 11.3 Å². The van der Waals surface area contributed by atoms with Crippen molar-refractivity contribution >= 4 is 34.7 Å². The van der Waals surface area contributed by atoms with Crippen LogP contribution in [0.3, 0.4) is 0 Å². The van der Waals surface area contributed by atoms with E-state index in [2.05, 4.69) is 15.2 Å². The number of aromatic nitrogens is 2. The number of aromatic carboxylic acids is 1. The lowest BCUT2D eigenvalue weighted by Crippen LogP contribution is -1.96. The number of imidazole rings is 1. The van der Waals surface area contributed by atoms with Crippen molar-refractivity contribution in [3.8, 4) is 0 Å². The molecule has 3 rings (SSSR count). The fourth-order valence-electron chi connectivity index (χ4n) is 2.03. The number of aryl methyl sites for hydroxylation is 1. The molecule has 3 aromatic rings. The number of hydrogen-bond acceptors (Lipinski definition) is 4. The minimum absolute atomic E-state index is 0.0802. The van der Waals surface area contributed by atoms with E-state index >= 15 is 0 Å². The molecule has 0 saturated carbocycles. The molecule has 2 heterocycles. The van der Waals surface area contributed by atoms with Gasteiger partial charge in [0, 0.05) is 6.20 Å². The van der Waals surface area contributed by atoms with Crippen LogP contribution in [0.2, 0.25) is 5.02 Å². The Morgan fingerprint density at radius 2 is 2.09 bits per heavy atom. The average Bonchev–Trinajstić information content (AvgIpc) is 2.86. The number of pyridine rings is 1. The lowest BCUT2D eigenvalue weighted by atomic mass is 10.3. The van der Waals surface area contributed by atoms with E-state index in [0.717, 1.165) is 11.6 Å².